The Morgan fingerprint density at radius 1 is 0.833 bits per heavy atom. The Morgan fingerprint density at radius 2 is 1.44 bits per heavy atom. The van der Waals surface area contributed by atoms with Gasteiger partial charge in [0.05, 0.1) is 5.25 Å². The van der Waals surface area contributed by atoms with E-state index in [1.807, 2.05) is 79.7 Å². The van der Waals surface area contributed by atoms with Crippen molar-refractivity contribution in [1.82, 2.24) is 26.0 Å². The third-order valence-corrected chi connectivity index (χ3v) is 6.08. The van der Waals surface area contributed by atoms with Crippen molar-refractivity contribution in [3.63, 3.8) is 0 Å². The Balaban J connectivity index is 1.38. The summed E-state index contributed by atoms with van der Waals surface area (Å²) in [6.45, 7) is 3.44. The molecular weight excluding hydrogens is 474 g/mol. The minimum Gasteiger partial charge on any atom is -0.484 e. The number of hydrogen-bond donors (Lipinski definition) is 2. The first kappa shape index (κ1) is 24.9. The van der Waals surface area contributed by atoms with Crippen molar-refractivity contribution in [1.29, 1.82) is 0 Å². The van der Waals surface area contributed by atoms with Gasteiger partial charge in [-0.3, -0.25) is 20.4 Å². The second-order valence-corrected chi connectivity index (χ2v) is 9.23. The maximum atomic E-state index is 12.5. The van der Waals surface area contributed by atoms with E-state index in [0.29, 0.717) is 22.3 Å². The molecular formula is C27H25N5O3S. The van der Waals surface area contributed by atoms with Gasteiger partial charge in [0, 0.05) is 11.1 Å². The van der Waals surface area contributed by atoms with Crippen molar-refractivity contribution in [3.8, 4) is 28.3 Å². The van der Waals surface area contributed by atoms with Crippen molar-refractivity contribution in [2.24, 2.45) is 0 Å². The highest BCUT2D eigenvalue weighted by Crippen LogP contribution is 2.30. The molecule has 1 atom stereocenters. The van der Waals surface area contributed by atoms with Gasteiger partial charge in [-0.05, 0) is 26.0 Å². The number of hydrogen-bond acceptors (Lipinski definition) is 7. The number of aromatic nitrogens is 3. The van der Waals surface area contributed by atoms with Crippen molar-refractivity contribution >= 4 is 23.6 Å². The number of aryl methyl sites for hydroxylation is 1. The van der Waals surface area contributed by atoms with E-state index < -0.39 is 17.1 Å². The van der Waals surface area contributed by atoms with Gasteiger partial charge < -0.3 is 4.74 Å². The molecule has 0 fully saturated rings. The number of rotatable bonds is 8. The molecule has 0 aliphatic heterocycles. The summed E-state index contributed by atoms with van der Waals surface area (Å²) in [5.41, 5.74) is 9.00. The largest absolute Gasteiger partial charge is 0.484 e. The molecule has 0 bridgehead atoms. The monoisotopic (exact) mass is 499 g/mol. The molecule has 8 nitrogen and oxygen atoms in total. The van der Waals surface area contributed by atoms with Gasteiger partial charge in [-0.15, -0.1) is 10.2 Å². The molecule has 2 amide bonds. The quantitative estimate of drug-likeness (QED) is 0.276. The molecule has 182 valence electrons. The lowest BCUT2D eigenvalue weighted by atomic mass is 10.0. The van der Waals surface area contributed by atoms with E-state index in [1.165, 1.54) is 0 Å². The van der Waals surface area contributed by atoms with Crippen LogP contribution in [0.2, 0.25) is 0 Å². The zero-order valence-electron chi connectivity index (χ0n) is 19.8. The van der Waals surface area contributed by atoms with Gasteiger partial charge in [0.2, 0.25) is 5.16 Å². The Bertz CT molecular complexity index is 1320. The predicted octanol–water partition coefficient (Wildman–Crippen LogP) is 4.22. The molecule has 0 saturated carbocycles. The van der Waals surface area contributed by atoms with E-state index >= 15 is 0 Å². The first-order chi connectivity index (χ1) is 17.5. The lowest BCUT2D eigenvalue weighted by Gasteiger charge is -2.13. The Hall–Kier alpha value is -4.24. The van der Waals surface area contributed by atoms with Crippen molar-refractivity contribution < 1.29 is 14.3 Å². The highest BCUT2D eigenvalue weighted by Gasteiger charge is 2.19. The standard InChI is InChI=1S/C27H25N5O3S/c1-18-13-15-22(16-14-18)35-17-23(33)29-31-26(34)19(2)36-27-28-24(20-9-5-3-6-10-20)25(30-32-27)21-11-7-4-8-12-21/h3-16,19H,17H2,1-2H3,(H,29,33)(H,31,34)/t19-/m1/s1. The number of benzene rings is 3. The van der Waals surface area contributed by atoms with E-state index in [2.05, 4.69) is 21.0 Å². The molecule has 4 rings (SSSR count). The molecule has 3 aromatic carbocycles. The number of carbonyl (C=O) groups is 2. The number of ether oxygens (including phenoxy) is 1. The summed E-state index contributed by atoms with van der Waals surface area (Å²) in [6.07, 6.45) is 0. The fourth-order valence-corrected chi connectivity index (χ4v) is 3.93. The molecule has 4 aromatic rings. The van der Waals surface area contributed by atoms with Crippen LogP contribution >= 0.6 is 11.8 Å². The fraction of sp³-hybridized carbons (Fsp3) is 0.148. The van der Waals surface area contributed by atoms with Gasteiger partial charge in [0.25, 0.3) is 11.8 Å². The van der Waals surface area contributed by atoms with E-state index in [1.54, 1.807) is 19.1 Å². The second kappa shape index (κ2) is 11.9. The Kier molecular flexibility index (Phi) is 8.25. The van der Waals surface area contributed by atoms with Crippen LogP contribution in [0.25, 0.3) is 22.5 Å². The van der Waals surface area contributed by atoms with Crippen LogP contribution in [0.3, 0.4) is 0 Å². The molecule has 0 saturated heterocycles. The molecule has 0 aliphatic carbocycles. The van der Waals surface area contributed by atoms with Gasteiger partial charge >= 0.3 is 0 Å². The van der Waals surface area contributed by atoms with Crippen LogP contribution in [0.4, 0.5) is 0 Å². The molecule has 36 heavy (non-hydrogen) atoms. The van der Waals surface area contributed by atoms with E-state index in [9.17, 15) is 9.59 Å². The first-order valence-electron chi connectivity index (χ1n) is 11.3. The number of thioether (sulfide) groups is 1. The molecule has 9 heteroatoms. The van der Waals surface area contributed by atoms with E-state index in [0.717, 1.165) is 28.5 Å². The van der Waals surface area contributed by atoms with E-state index in [-0.39, 0.29) is 6.61 Å². The molecule has 1 heterocycles. The molecule has 0 radical (unpaired) electrons. The maximum absolute atomic E-state index is 12.5. The summed E-state index contributed by atoms with van der Waals surface area (Å²) >= 11 is 1.15. The lowest BCUT2D eigenvalue weighted by Crippen LogP contribution is -2.46. The van der Waals surface area contributed by atoms with E-state index in [4.69, 9.17) is 9.72 Å². The summed E-state index contributed by atoms with van der Waals surface area (Å²) in [7, 11) is 0. The number of carbonyl (C=O) groups excluding carboxylic acids is 2. The van der Waals surface area contributed by atoms with Crippen LogP contribution < -0.4 is 15.6 Å². The SMILES string of the molecule is Cc1ccc(OCC(=O)NNC(=O)[C@@H](C)Sc2nnc(-c3ccccc3)c(-c3ccccc3)n2)cc1. The summed E-state index contributed by atoms with van der Waals surface area (Å²) < 4.78 is 5.42. The third kappa shape index (κ3) is 6.67. The average molecular weight is 500 g/mol. The summed E-state index contributed by atoms with van der Waals surface area (Å²) in [4.78, 5) is 29.3. The molecule has 2 N–H and O–H groups in total. The van der Waals surface area contributed by atoms with Crippen molar-refractivity contribution in [2.45, 2.75) is 24.3 Å². The molecule has 1 aromatic heterocycles. The molecule has 0 spiro atoms. The first-order valence-corrected chi connectivity index (χ1v) is 12.2. The number of hydrazine groups is 1. The molecule has 0 unspecified atom stereocenters. The van der Waals surface area contributed by atoms with Crippen LogP contribution in [0, 0.1) is 6.92 Å². The van der Waals surface area contributed by atoms with Crippen LogP contribution in [0.5, 0.6) is 5.75 Å². The minimum atomic E-state index is -0.587. The second-order valence-electron chi connectivity index (χ2n) is 7.92. The Morgan fingerprint density at radius 3 is 2.08 bits per heavy atom. The summed E-state index contributed by atoms with van der Waals surface area (Å²) in [5, 5.41) is 8.43. The summed E-state index contributed by atoms with van der Waals surface area (Å²) in [6, 6.07) is 26.7. The lowest BCUT2D eigenvalue weighted by molar-refractivity contribution is -0.129. The maximum Gasteiger partial charge on any atom is 0.276 e. The van der Waals surface area contributed by atoms with Gasteiger partial charge in [-0.1, -0.05) is 90.1 Å². The zero-order valence-corrected chi connectivity index (χ0v) is 20.7. The summed E-state index contributed by atoms with van der Waals surface area (Å²) in [5.74, 6) is -0.304. The van der Waals surface area contributed by atoms with Crippen molar-refractivity contribution in [3.05, 3.63) is 90.5 Å². The number of nitrogens with one attached hydrogen (secondary N) is 2. The van der Waals surface area contributed by atoms with Gasteiger partial charge in [0.15, 0.2) is 6.61 Å². The minimum absolute atomic E-state index is 0.223. The third-order valence-electron chi connectivity index (χ3n) is 5.13. The highest BCUT2D eigenvalue weighted by molar-refractivity contribution is 8.00. The average Bonchev–Trinajstić information content (AvgIpc) is 2.92. The molecule has 0 aliphatic rings. The van der Waals surface area contributed by atoms with Gasteiger partial charge in [-0.25, -0.2) is 4.98 Å². The van der Waals surface area contributed by atoms with Crippen LogP contribution in [0.15, 0.2) is 90.1 Å². The van der Waals surface area contributed by atoms with Gasteiger partial charge in [-0.2, -0.15) is 0 Å². The zero-order chi connectivity index (χ0) is 25.3. The predicted molar refractivity (Wildman–Crippen MR) is 139 cm³/mol. The topological polar surface area (TPSA) is 106 Å². The normalized spacial score (nSPS) is 11.4. The fourth-order valence-electron chi connectivity index (χ4n) is 3.21. The number of amides is 2. The van der Waals surface area contributed by atoms with Crippen LogP contribution in [-0.2, 0) is 9.59 Å². The van der Waals surface area contributed by atoms with Crippen molar-refractivity contribution in [2.75, 3.05) is 6.61 Å². The number of nitrogens with zero attached hydrogens (tertiary/aromatic N) is 3. The Labute approximate surface area is 213 Å². The van der Waals surface area contributed by atoms with Gasteiger partial charge in [0.1, 0.15) is 17.1 Å². The highest BCUT2D eigenvalue weighted by atomic mass is 32.2. The van der Waals surface area contributed by atoms with Crippen LogP contribution in [-0.4, -0.2) is 38.9 Å². The van der Waals surface area contributed by atoms with Crippen LogP contribution in [0.1, 0.15) is 12.5 Å². The smallest absolute Gasteiger partial charge is 0.276 e.